The van der Waals surface area contributed by atoms with Crippen molar-refractivity contribution in [3.8, 4) is 0 Å². The molecule has 12 heavy (non-hydrogen) atoms. The Balaban J connectivity index is 2.52. The van der Waals surface area contributed by atoms with Gasteiger partial charge in [-0.1, -0.05) is 0 Å². The SMILES string of the molecule is CC(O)CNc1cnnc(Cl)n1. The zero-order valence-electron chi connectivity index (χ0n) is 6.53. The molecule has 0 fully saturated rings. The highest BCUT2D eigenvalue weighted by atomic mass is 35.5. The summed E-state index contributed by atoms with van der Waals surface area (Å²) >= 11 is 5.47. The van der Waals surface area contributed by atoms with Crippen LogP contribution in [0.5, 0.6) is 0 Å². The summed E-state index contributed by atoms with van der Waals surface area (Å²) in [5, 5.41) is 18.9. The number of halogens is 1. The van der Waals surface area contributed by atoms with Crippen LogP contribution in [0.3, 0.4) is 0 Å². The molecule has 0 radical (unpaired) electrons. The van der Waals surface area contributed by atoms with E-state index in [-0.39, 0.29) is 5.28 Å². The lowest BCUT2D eigenvalue weighted by atomic mass is 10.4. The zero-order valence-corrected chi connectivity index (χ0v) is 7.28. The molecule has 66 valence electrons. The molecule has 0 amide bonds. The molecule has 0 bridgehead atoms. The van der Waals surface area contributed by atoms with Crippen molar-refractivity contribution in [2.45, 2.75) is 13.0 Å². The Kier molecular flexibility index (Phi) is 3.19. The van der Waals surface area contributed by atoms with E-state index in [0.29, 0.717) is 12.4 Å². The summed E-state index contributed by atoms with van der Waals surface area (Å²) in [6.07, 6.45) is 1.01. The topological polar surface area (TPSA) is 70.9 Å². The van der Waals surface area contributed by atoms with E-state index in [4.69, 9.17) is 16.7 Å². The number of hydrogen-bond donors (Lipinski definition) is 2. The van der Waals surface area contributed by atoms with Crippen LogP contribution in [-0.2, 0) is 0 Å². The molecule has 0 aliphatic carbocycles. The van der Waals surface area contributed by atoms with E-state index in [1.165, 1.54) is 6.20 Å². The van der Waals surface area contributed by atoms with E-state index in [2.05, 4.69) is 20.5 Å². The maximum atomic E-state index is 8.92. The molecule has 1 aromatic heterocycles. The Morgan fingerprint density at radius 2 is 2.50 bits per heavy atom. The smallest absolute Gasteiger partial charge is 0.244 e. The minimum atomic E-state index is -0.432. The van der Waals surface area contributed by atoms with Crippen LogP contribution in [0, 0.1) is 0 Å². The number of hydrogen-bond acceptors (Lipinski definition) is 5. The fourth-order valence-electron chi connectivity index (χ4n) is 0.619. The molecule has 0 aliphatic heterocycles. The molecule has 0 aliphatic rings. The molecule has 1 unspecified atom stereocenters. The third-order valence-corrected chi connectivity index (χ3v) is 1.27. The predicted octanol–water partition coefficient (Wildman–Crippen LogP) is 0.318. The summed E-state index contributed by atoms with van der Waals surface area (Å²) in [5.74, 6) is 0.510. The van der Waals surface area contributed by atoms with Crippen molar-refractivity contribution in [3.63, 3.8) is 0 Å². The first-order valence-corrected chi connectivity index (χ1v) is 3.83. The number of aliphatic hydroxyl groups excluding tert-OH is 1. The Bertz CT molecular complexity index is 255. The lowest BCUT2D eigenvalue weighted by Gasteiger charge is -2.05. The molecule has 0 spiro atoms. The van der Waals surface area contributed by atoms with Crippen molar-refractivity contribution < 1.29 is 5.11 Å². The fourth-order valence-corrected chi connectivity index (χ4v) is 0.754. The summed E-state index contributed by atoms with van der Waals surface area (Å²) in [6.45, 7) is 2.08. The lowest BCUT2D eigenvalue weighted by molar-refractivity contribution is 0.208. The van der Waals surface area contributed by atoms with Gasteiger partial charge in [0.25, 0.3) is 0 Å². The molecule has 0 aromatic carbocycles. The molecule has 0 saturated heterocycles. The van der Waals surface area contributed by atoms with Gasteiger partial charge < -0.3 is 10.4 Å². The summed E-state index contributed by atoms with van der Waals surface area (Å²) in [7, 11) is 0. The predicted molar refractivity (Wildman–Crippen MR) is 45.0 cm³/mol. The maximum absolute atomic E-state index is 8.92. The molecular formula is C6H9ClN4O. The third-order valence-electron chi connectivity index (χ3n) is 1.11. The largest absolute Gasteiger partial charge is 0.392 e. The van der Waals surface area contributed by atoms with Crippen molar-refractivity contribution in [2.75, 3.05) is 11.9 Å². The summed E-state index contributed by atoms with van der Waals surface area (Å²) < 4.78 is 0. The molecule has 2 N–H and O–H groups in total. The summed E-state index contributed by atoms with van der Waals surface area (Å²) in [4.78, 5) is 3.81. The average Bonchev–Trinajstić information content (AvgIpc) is 2.01. The van der Waals surface area contributed by atoms with Gasteiger partial charge in [0.15, 0.2) is 0 Å². The van der Waals surface area contributed by atoms with E-state index in [9.17, 15) is 0 Å². The van der Waals surface area contributed by atoms with Crippen LogP contribution in [0.25, 0.3) is 0 Å². The second-order valence-corrected chi connectivity index (χ2v) is 2.68. The molecule has 1 aromatic rings. The molecular weight excluding hydrogens is 180 g/mol. The van der Waals surface area contributed by atoms with E-state index >= 15 is 0 Å². The Labute approximate surface area is 74.8 Å². The second-order valence-electron chi connectivity index (χ2n) is 2.34. The van der Waals surface area contributed by atoms with Crippen molar-refractivity contribution in [1.82, 2.24) is 15.2 Å². The number of nitrogens with one attached hydrogen (secondary N) is 1. The van der Waals surface area contributed by atoms with Gasteiger partial charge in [-0.3, -0.25) is 0 Å². The highest BCUT2D eigenvalue weighted by molar-refractivity contribution is 6.28. The zero-order chi connectivity index (χ0) is 8.97. The Hall–Kier alpha value is -0.940. The van der Waals surface area contributed by atoms with Gasteiger partial charge in [-0.25, -0.2) is 0 Å². The summed E-state index contributed by atoms with van der Waals surface area (Å²) in [5.41, 5.74) is 0. The standard InChI is InChI=1S/C6H9ClN4O/c1-4(12)2-8-5-3-9-11-6(7)10-5/h3-4,12H,2H2,1H3,(H,8,10,11). The van der Waals surface area contributed by atoms with Crippen molar-refractivity contribution in [2.24, 2.45) is 0 Å². The van der Waals surface area contributed by atoms with E-state index in [1.54, 1.807) is 6.92 Å². The van der Waals surface area contributed by atoms with E-state index < -0.39 is 6.10 Å². The van der Waals surface area contributed by atoms with Gasteiger partial charge in [0.05, 0.1) is 12.3 Å². The van der Waals surface area contributed by atoms with Crippen LogP contribution >= 0.6 is 11.6 Å². The quantitative estimate of drug-likeness (QED) is 0.715. The van der Waals surface area contributed by atoms with Gasteiger partial charge >= 0.3 is 0 Å². The van der Waals surface area contributed by atoms with Crippen molar-refractivity contribution >= 4 is 17.4 Å². The van der Waals surface area contributed by atoms with Gasteiger partial charge in [-0.15, -0.1) is 5.10 Å². The highest BCUT2D eigenvalue weighted by Crippen LogP contribution is 2.03. The number of anilines is 1. The molecule has 1 rings (SSSR count). The average molecular weight is 189 g/mol. The molecule has 0 saturated carbocycles. The highest BCUT2D eigenvalue weighted by Gasteiger charge is 1.98. The second kappa shape index (κ2) is 4.18. The normalized spacial score (nSPS) is 12.6. The number of aromatic nitrogens is 3. The molecule has 1 heterocycles. The maximum Gasteiger partial charge on any atom is 0.244 e. The number of nitrogens with zero attached hydrogens (tertiary/aromatic N) is 3. The molecule has 6 heteroatoms. The monoisotopic (exact) mass is 188 g/mol. The van der Waals surface area contributed by atoms with Gasteiger partial charge in [-0.05, 0) is 18.5 Å². The van der Waals surface area contributed by atoms with E-state index in [0.717, 1.165) is 0 Å². The van der Waals surface area contributed by atoms with Crippen LogP contribution in [0.2, 0.25) is 5.28 Å². The van der Waals surface area contributed by atoms with Crippen molar-refractivity contribution in [1.29, 1.82) is 0 Å². The van der Waals surface area contributed by atoms with Gasteiger partial charge in [-0.2, -0.15) is 10.1 Å². The number of rotatable bonds is 3. The van der Waals surface area contributed by atoms with Crippen LogP contribution < -0.4 is 5.32 Å². The van der Waals surface area contributed by atoms with Gasteiger partial charge in [0.2, 0.25) is 5.28 Å². The first-order chi connectivity index (χ1) is 5.68. The number of aliphatic hydroxyl groups is 1. The lowest BCUT2D eigenvalue weighted by Crippen LogP contribution is -2.16. The first kappa shape index (κ1) is 9.15. The van der Waals surface area contributed by atoms with Crippen LogP contribution in [0.4, 0.5) is 5.82 Å². The van der Waals surface area contributed by atoms with Gasteiger partial charge in [0, 0.05) is 6.54 Å². The fraction of sp³-hybridized carbons (Fsp3) is 0.500. The minimum absolute atomic E-state index is 0.0885. The van der Waals surface area contributed by atoms with Crippen LogP contribution in [0.15, 0.2) is 6.20 Å². The Morgan fingerprint density at radius 3 is 3.08 bits per heavy atom. The van der Waals surface area contributed by atoms with Crippen LogP contribution in [-0.4, -0.2) is 32.9 Å². The molecule has 5 nitrogen and oxygen atoms in total. The minimum Gasteiger partial charge on any atom is -0.392 e. The third kappa shape index (κ3) is 2.98. The van der Waals surface area contributed by atoms with E-state index in [1.807, 2.05) is 0 Å². The summed E-state index contributed by atoms with van der Waals surface area (Å²) in [6, 6.07) is 0. The first-order valence-electron chi connectivity index (χ1n) is 3.45. The molecule has 1 atom stereocenters. The Morgan fingerprint density at radius 1 is 1.75 bits per heavy atom. The van der Waals surface area contributed by atoms with Crippen molar-refractivity contribution in [3.05, 3.63) is 11.5 Å². The van der Waals surface area contributed by atoms with Crippen LogP contribution in [0.1, 0.15) is 6.92 Å². The van der Waals surface area contributed by atoms with Gasteiger partial charge in [0.1, 0.15) is 5.82 Å².